The second-order valence-electron chi connectivity index (χ2n) is 5.39. The van der Waals surface area contributed by atoms with Crippen molar-refractivity contribution in [2.75, 3.05) is 80.6 Å². The van der Waals surface area contributed by atoms with E-state index in [0.717, 1.165) is 0 Å². The zero-order chi connectivity index (χ0) is 21.0. The molecule has 3 atom stereocenters. The van der Waals surface area contributed by atoms with E-state index in [9.17, 15) is 0 Å². The summed E-state index contributed by atoms with van der Waals surface area (Å²) in [6.45, 7) is 8.34. The van der Waals surface area contributed by atoms with E-state index >= 15 is 0 Å². The molecule has 0 radical (unpaired) electrons. The van der Waals surface area contributed by atoms with E-state index < -0.39 is 19.4 Å². The zero-order valence-corrected chi connectivity index (χ0v) is 18.2. The topological polar surface area (TPSA) is 86.3 Å². The Balaban J connectivity index is 4.38. The summed E-state index contributed by atoms with van der Waals surface area (Å²) in [7, 11) is 4.62. The lowest BCUT2D eigenvalue weighted by Crippen LogP contribution is -2.37. The molecule has 170 valence electrons. The minimum atomic E-state index is -0.675. The predicted octanol–water partition coefficient (Wildman–Crippen LogP) is 1.24. The average Bonchev–Trinajstić information content (AvgIpc) is 2.71. The fourth-order valence-corrected chi connectivity index (χ4v) is 2.13. The van der Waals surface area contributed by atoms with Gasteiger partial charge in [-0.2, -0.15) is 0 Å². The van der Waals surface area contributed by atoms with Crippen LogP contribution < -0.4 is 0 Å². The third-order valence-corrected chi connectivity index (χ3v) is 3.47. The molecule has 0 fully saturated rings. The average molecular weight is 414 g/mol. The van der Waals surface area contributed by atoms with E-state index in [1.54, 1.807) is 0 Å². The molecular formula is C18H39NO9. The quantitative estimate of drug-likeness (QED) is 0.256. The molecule has 0 aliphatic rings. The van der Waals surface area contributed by atoms with Gasteiger partial charge in [-0.1, -0.05) is 0 Å². The Hall–Kier alpha value is -0.400. The minimum absolute atomic E-state index is 0.427. The van der Waals surface area contributed by atoms with Crippen molar-refractivity contribution in [3.8, 4) is 0 Å². The Morgan fingerprint density at radius 1 is 0.500 bits per heavy atom. The van der Waals surface area contributed by atoms with E-state index in [4.69, 9.17) is 42.6 Å². The largest absolute Gasteiger partial charge is 0.333 e. The number of hydrogen-bond donors (Lipinski definition) is 0. The van der Waals surface area contributed by atoms with Gasteiger partial charge in [0.2, 0.25) is 0 Å². The molecule has 0 saturated carbocycles. The number of ether oxygens (including phenoxy) is 9. The summed E-state index contributed by atoms with van der Waals surface area (Å²) >= 11 is 0. The first-order valence-corrected chi connectivity index (χ1v) is 9.65. The van der Waals surface area contributed by atoms with Gasteiger partial charge in [0.1, 0.15) is 0 Å². The lowest BCUT2D eigenvalue weighted by Gasteiger charge is -2.25. The molecule has 10 nitrogen and oxygen atoms in total. The fraction of sp³-hybridized carbons (Fsp3) is 1.00. The second-order valence-corrected chi connectivity index (χ2v) is 5.39. The lowest BCUT2D eigenvalue weighted by molar-refractivity contribution is -0.282. The van der Waals surface area contributed by atoms with Crippen molar-refractivity contribution < 1.29 is 42.6 Å². The molecule has 0 saturated heterocycles. The van der Waals surface area contributed by atoms with Gasteiger partial charge in [-0.05, 0) is 20.8 Å². The predicted molar refractivity (Wildman–Crippen MR) is 102 cm³/mol. The van der Waals surface area contributed by atoms with Gasteiger partial charge in [-0.25, -0.2) is 0 Å². The Kier molecular flexibility index (Phi) is 19.6. The summed E-state index contributed by atoms with van der Waals surface area (Å²) in [6.07, 6.45) is 0. The van der Waals surface area contributed by atoms with E-state index in [0.29, 0.717) is 59.3 Å². The molecule has 10 heteroatoms. The molecule has 0 aromatic carbocycles. The van der Waals surface area contributed by atoms with Crippen molar-refractivity contribution in [2.24, 2.45) is 0 Å². The highest BCUT2D eigenvalue weighted by Crippen LogP contribution is 2.01. The Labute approximate surface area is 169 Å². The highest BCUT2D eigenvalue weighted by atomic mass is 16.8. The normalized spacial score (nSPS) is 15.1. The maximum atomic E-state index is 5.57. The van der Waals surface area contributed by atoms with Gasteiger partial charge in [-0.15, -0.1) is 0 Å². The molecule has 0 aliphatic heterocycles. The lowest BCUT2D eigenvalue weighted by atomic mass is 10.4. The van der Waals surface area contributed by atoms with Crippen LogP contribution in [0, 0.1) is 0 Å². The molecule has 3 unspecified atom stereocenters. The summed E-state index contributed by atoms with van der Waals surface area (Å²) in [4.78, 5) is 2.12. The highest BCUT2D eigenvalue weighted by molar-refractivity contribution is 4.57. The third-order valence-electron chi connectivity index (χ3n) is 3.47. The zero-order valence-electron chi connectivity index (χ0n) is 18.2. The highest BCUT2D eigenvalue weighted by Gasteiger charge is 2.13. The van der Waals surface area contributed by atoms with Gasteiger partial charge < -0.3 is 42.6 Å². The molecule has 0 heterocycles. The third kappa shape index (κ3) is 14.6. The molecule has 0 aromatic heterocycles. The molecule has 0 N–H and O–H groups in total. The fourth-order valence-electron chi connectivity index (χ4n) is 2.13. The van der Waals surface area contributed by atoms with Gasteiger partial charge in [-0.3, -0.25) is 4.90 Å². The summed E-state index contributed by atoms with van der Waals surface area (Å²) in [5.74, 6) is 0. The minimum Gasteiger partial charge on any atom is -0.333 e. The summed E-state index contributed by atoms with van der Waals surface area (Å²) < 4.78 is 47.9. The summed E-state index contributed by atoms with van der Waals surface area (Å²) in [5.41, 5.74) is 0. The van der Waals surface area contributed by atoms with Crippen molar-refractivity contribution in [2.45, 2.75) is 40.2 Å². The van der Waals surface area contributed by atoms with Gasteiger partial charge in [0.15, 0.2) is 0 Å². The summed E-state index contributed by atoms with van der Waals surface area (Å²) in [5, 5.41) is 0. The van der Waals surface area contributed by atoms with Crippen LogP contribution in [0.2, 0.25) is 0 Å². The molecule has 0 aliphatic carbocycles. The van der Waals surface area contributed by atoms with Gasteiger partial charge in [0.05, 0.1) is 19.8 Å². The molecule has 0 amide bonds. The number of rotatable bonds is 21. The standard InChI is InChI=1S/C18H39NO9/c1-7-23-16(20-4)26-13-10-19(11-14-27-17(21-5)24-8-2)12-15-28-18(22-6)25-9-3/h16-18H,7-15H2,1-6H3. The van der Waals surface area contributed by atoms with Crippen LogP contribution >= 0.6 is 0 Å². The van der Waals surface area contributed by atoms with Crippen molar-refractivity contribution in [3.63, 3.8) is 0 Å². The second kappa shape index (κ2) is 19.9. The van der Waals surface area contributed by atoms with Crippen molar-refractivity contribution in [1.82, 2.24) is 4.90 Å². The summed E-state index contributed by atoms with van der Waals surface area (Å²) in [6, 6.07) is 0. The SMILES string of the molecule is CCOC(OC)OCCN(CCOC(OC)OCC)CCOC(OC)OCC. The monoisotopic (exact) mass is 413 g/mol. The van der Waals surface area contributed by atoms with Crippen LogP contribution in [-0.4, -0.2) is 105 Å². The molecule has 0 bridgehead atoms. The smallest absolute Gasteiger partial charge is 0.271 e. The van der Waals surface area contributed by atoms with Crippen molar-refractivity contribution in [1.29, 1.82) is 0 Å². The van der Waals surface area contributed by atoms with Crippen LogP contribution in [-0.2, 0) is 42.6 Å². The van der Waals surface area contributed by atoms with E-state index in [1.807, 2.05) is 20.8 Å². The Morgan fingerprint density at radius 2 is 0.786 bits per heavy atom. The van der Waals surface area contributed by atoms with Gasteiger partial charge in [0.25, 0.3) is 19.4 Å². The Morgan fingerprint density at radius 3 is 1.00 bits per heavy atom. The van der Waals surface area contributed by atoms with Crippen molar-refractivity contribution >= 4 is 0 Å². The maximum absolute atomic E-state index is 5.57. The van der Waals surface area contributed by atoms with E-state index in [2.05, 4.69) is 4.90 Å². The first-order chi connectivity index (χ1) is 13.6. The molecule has 28 heavy (non-hydrogen) atoms. The van der Waals surface area contributed by atoms with Gasteiger partial charge >= 0.3 is 0 Å². The van der Waals surface area contributed by atoms with Crippen LogP contribution in [0.25, 0.3) is 0 Å². The van der Waals surface area contributed by atoms with Crippen molar-refractivity contribution in [3.05, 3.63) is 0 Å². The van der Waals surface area contributed by atoms with Crippen LogP contribution in [0.15, 0.2) is 0 Å². The number of hydrogen-bond acceptors (Lipinski definition) is 10. The number of nitrogens with zero attached hydrogens (tertiary/aromatic N) is 1. The molecule has 0 rings (SSSR count). The van der Waals surface area contributed by atoms with Crippen LogP contribution in [0.3, 0.4) is 0 Å². The molecule has 0 spiro atoms. The van der Waals surface area contributed by atoms with Crippen LogP contribution in [0.4, 0.5) is 0 Å². The van der Waals surface area contributed by atoms with E-state index in [1.165, 1.54) is 21.3 Å². The van der Waals surface area contributed by atoms with Crippen LogP contribution in [0.5, 0.6) is 0 Å². The van der Waals surface area contributed by atoms with Crippen LogP contribution in [0.1, 0.15) is 20.8 Å². The Bertz CT molecular complexity index is 278. The number of methoxy groups -OCH3 is 3. The first kappa shape index (κ1) is 27.6. The maximum Gasteiger partial charge on any atom is 0.271 e. The molecule has 0 aromatic rings. The van der Waals surface area contributed by atoms with E-state index in [-0.39, 0.29) is 0 Å². The first-order valence-electron chi connectivity index (χ1n) is 9.65. The molecular weight excluding hydrogens is 374 g/mol. The van der Waals surface area contributed by atoms with Gasteiger partial charge in [0, 0.05) is 60.8 Å².